The van der Waals surface area contributed by atoms with Gasteiger partial charge in [-0.15, -0.1) is 0 Å². The van der Waals surface area contributed by atoms with Crippen LogP contribution in [0.4, 0.5) is 9.18 Å². The molecule has 1 fully saturated rings. The number of carbonyl (C=O) groups excluding carboxylic acids is 2. The van der Waals surface area contributed by atoms with Crippen molar-refractivity contribution in [1.82, 2.24) is 4.90 Å². The fraction of sp³-hybridized carbons (Fsp3) is 0.273. The molecule has 164 valence electrons. The summed E-state index contributed by atoms with van der Waals surface area (Å²) in [6.07, 6.45) is 2.24. The van der Waals surface area contributed by atoms with Crippen molar-refractivity contribution in [3.63, 3.8) is 0 Å². The first kappa shape index (κ1) is 23.3. The van der Waals surface area contributed by atoms with Gasteiger partial charge >= 0.3 is 0 Å². The quantitative estimate of drug-likeness (QED) is 0.339. The van der Waals surface area contributed by atoms with Crippen molar-refractivity contribution < 1.29 is 28.2 Å². The largest absolute Gasteiger partial charge is 0.493 e. The molecule has 2 aromatic rings. The molecule has 0 unspecified atom stereocenters. The molecule has 0 radical (unpaired) electrons. The number of methoxy groups -OCH3 is 2. The van der Waals surface area contributed by atoms with Gasteiger partial charge in [-0.1, -0.05) is 12.1 Å². The second-order valence-electron chi connectivity index (χ2n) is 6.63. The molecule has 1 saturated heterocycles. The van der Waals surface area contributed by atoms with Gasteiger partial charge in [0, 0.05) is 20.3 Å². The van der Waals surface area contributed by atoms with E-state index in [0.29, 0.717) is 46.0 Å². The van der Waals surface area contributed by atoms with Gasteiger partial charge in [0.2, 0.25) is 0 Å². The average molecular weight is 510 g/mol. The summed E-state index contributed by atoms with van der Waals surface area (Å²) in [5, 5.41) is -0.294. The van der Waals surface area contributed by atoms with E-state index >= 15 is 0 Å². The third kappa shape index (κ3) is 5.87. The predicted octanol–water partition coefficient (Wildman–Crippen LogP) is 5.25. The summed E-state index contributed by atoms with van der Waals surface area (Å²) >= 11 is 4.38. The summed E-state index contributed by atoms with van der Waals surface area (Å²) in [5.74, 6) is 0.312. The third-order valence-electron chi connectivity index (χ3n) is 4.45. The van der Waals surface area contributed by atoms with Gasteiger partial charge in [0.1, 0.15) is 12.4 Å². The van der Waals surface area contributed by atoms with Gasteiger partial charge in [0.05, 0.1) is 16.5 Å². The SMILES string of the molecule is COCCCN1C(=O)S/C(=C/c2cc(Br)c(OCc3ccc(F)cc3)c(OC)c2)C1=O. The number of thioether (sulfide) groups is 1. The molecule has 0 N–H and O–H groups in total. The van der Waals surface area contributed by atoms with Gasteiger partial charge in [0.15, 0.2) is 11.5 Å². The fourth-order valence-electron chi connectivity index (χ4n) is 2.91. The van der Waals surface area contributed by atoms with Crippen LogP contribution in [-0.2, 0) is 16.1 Å². The van der Waals surface area contributed by atoms with Crippen molar-refractivity contribution >= 4 is 44.9 Å². The molecule has 3 rings (SSSR count). The molecule has 0 aromatic heterocycles. The van der Waals surface area contributed by atoms with Crippen LogP contribution < -0.4 is 9.47 Å². The topological polar surface area (TPSA) is 65.1 Å². The molecule has 0 aliphatic carbocycles. The van der Waals surface area contributed by atoms with Gasteiger partial charge in [0.25, 0.3) is 11.1 Å². The van der Waals surface area contributed by atoms with Crippen LogP contribution in [0.15, 0.2) is 45.8 Å². The van der Waals surface area contributed by atoms with Gasteiger partial charge in [-0.2, -0.15) is 0 Å². The molecule has 1 heterocycles. The van der Waals surface area contributed by atoms with Crippen LogP contribution in [-0.4, -0.2) is 43.4 Å². The molecule has 1 aliphatic heterocycles. The number of halogens is 2. The van der Waals surface area contributed by atoms with Crippen LogP contribution in [0.25, 0.3) is 6.08 Å². The number of carbonyl (C=O) groups is 2. The minimum absolute atomic E-state index is 0.231. The van der Waals surface area contributed by atoms with Gasteiger partial charge < -0.3 is 14.2 Å². The Balaban J connectivity index is 1.77. The van der Waals surface area contributed by atoms with Crippen molar-refractivity contribution in [2.24, 2.45) is 0 Å². The molecule has 0 bridgehead atoms. The second kappa shape index (κ2) is 10.8. The van der Waals surface area contributed by atoms with E-state index < -0.39 is 0 Å². The second-order valence-corrected chi connectivity index (χ2v) is 8.48. The highest BCUT2D eigenvalue weighted by atomic mass is 79.9. The van der Waals surface area contributed by atoms with E-state index in [4.69, 9.17) is 14.2 Å². The zero-order valence-corrected chi connectivity index (χ0v) is 19.4. The standard InChI is InChI=1S/C22H21BrFNO5S/c1-28-9-3-8-25-21(26)19(31-22(25)27)12-15-10-17(23)20(18(11-15)29-2)30-13-14-4-6-16(24)7-5-14/h4-7,10-12H,3,8-9,13H2,1-2H3/b19-12+. The summed E-state index contributed by atoms with van der Waals surface area (Å²) in [4.78, 5) is 26.3. The van der Waals surface area contributed by atoms with Crippen LogP contribution >= 0.6 is 27.7 Å². The lowest BCUT2D eigenvalue weighted by Gasteiger charge is -2.14. The molecule has 0 atom stereocenters. The molecule has 6 nitrogen and oxygen atoms in total. The number of imide groups is 1. The summed E-state index contributed by atoms with van der Waals surface area (Å²) in [6.45, 7) is 1.03. The number of nitrogens with zero attached hydrogens (tertiary/aromatic N) is 1. The fourth-order valence-corrected chi connectivity index (χ4v) is 4.35. The van der Waals surface area contributed by atoms with Crippen molar-refractivity contribution in [1.29, 1.82) is 0 Å². The molecule has 0 saturated carbocycles. The number of hydrogen-bond acceptors (Lipinski definition) is 6. The lowest BCUT2D eigenvalue weighted by Crippen LogP contribution is -2.29. The monoisotopic (exact) mass is 509 g/mol. The van der Waals surface area contributed by atoms with E-state index in [2.05, 4.69) is 15.9 Å². The molecular weight excluding hydrogens is 489 g/mol. The van der Waals surface area contributed by atoms with Gasteiger partial charge in [-0.25, -0.2) is 4.39 Å². The summed E-state index contributed by atoms with van der Waals surface area (Å²) in [7, 11) is 3.09. The first-order chi connectivity index (χ1) is 14.9. The van der Waals surface area contributed by atoms with Gasteiger partial charge in [-0.05, 0) is 75.6 Å². The number of benzene rings is 2. The van der Waals surface area contributed by atoms with E-state index in [1.807, 2.05) is 0 Å². The maximum Gasteiger partial charge on any atom is 0.293 e. The minimum atomic E-state index is -0.321. The van der Waals surface area contributed by atoms with E-state index in [-0.39, 0.29) is 23.6 Å². The highest BCUT2D eigenvalue weighted by Crippen LogP contribution is 2.39. The van der Waals surface area contributed by atoms with E-state index in [0.717, 1.165) is 17.3 Å². The summed E-state index contributed by atoms with van der Waals surface area (Å²) < 4.78 is 30.0. The lowest BCUT2D eigenvalue weighted by atomic mass is 10.1. The smallest absolute Gasteiger partial charge is 0.293 e. The Morgan fingerprint density at radius 2 is 1.90 bits per heavy atom. The van der Waals surface area contributed by atoms with Crippen LogP contribution in [0.5, 0.6) is 11.5 Å². The van der Waals surface area contributed by atoms with Crippen molar-refractivity contribution in [2.45, 2.75) is 13.0 Å². The van der Waals surface area contributed by atoms with Crippen LogP contribution in [0.3, 0.4) is 0 Å². The predicted molar refractivity (Wildman–Crippen MR) is 121 cm³/mol. The van der Waals surface area contributed by atoms with E-state index in [9.17, 15) is 14.0 Å². The summed E-state index contributed by atoms with van der Waals surface area (Å²) in [6, 6.07) is 9.54. The Bertz CT molecular complexity index is 996. The van der Waals surface area contributed by atoms with Crippen LogP contribution in [0.1, 0.15) is 17.5 Å². The normalized spacial score (nSPS) is 15.1. The first-order valence-corrected chi connectivity index (χ1v) is 11.0. The maximum absolute atomic E-state index is 13.1. The number of hydrogen-bond donors (Lipinski definition) is 0. The van der Waals surface area contributed by atoms with E-state index in [1.54, 1.807) is 37.5 Å². The lowest BCUT2D eigenvalue weighted by molar-refractivity contribution is -0.122. The zero-order valence-electron chi connectivity index (χ0n) is 17.0. The first-order valence-electron chi connectivity index (χ1n) is 9.42. The number of ether oxygens (including phenoxy) is 3. The van der Waals surface area contributed by atoms with Crippen molar-refractivity contribution in [3.05, 3.63) is 62.7 Å². The molecule has 9 heteroatoms. The summed E-state index contributed by atoms with van der Waals surface area (Å²) in [5.41, 5.74) is 1.49. The van der Waals surface area contributed by atoms with Crippen LogP contribution in [0, 0.1) is 5.82 Å². The molecular formula is C22H21BrFNO5S. The average Bonchev–Trinajstić information content (AvgIpc) is 3.01. The maximum atomic E-state index is 13.1. The number of rotatable bonds is 9. The molecule has 1 aliphatic rings. The highest BCUT2D eigenvalue weighted by Gasteiger charge is 2.34. The molecule has 2 aromatic carbocycles. The van der Waals surface area contributed by atoms with Crippen molar-refractivity contribution in [3.8, 4) is 11.5 Å². The minimum Gasteiger partial charge on any atom is -0.493 e. The Hall–Kier alpha value is -2.36. The van der Waals surface area contributed by atoms with Crippen LogP contribution in [0.2, 0.25) is 0 Å². The molecule has 0 spiro atoms. The number of amides is 2. The zero-order chi connectivity index (χ0) is 22.4. The Morgan fingerprint density at radius 3 is 2.58 bits per heavy atom. The van der Waals surface area contributed by atoms with E-state index in [1.165, 1.54) is 24.1 Å². The van der Waals surface area contributed by atoms with Crippen molar-refractivity contribution in [2.75, 3.05) is 27.4 Å². The van der Waals surface area contributed by atoms with Gasteiger partial charge in [-0.3, -0.25) is 14.5 Å². The Kier molecular flexibility index (Phi) is 8.11. The third-order valence-corrected chi connectivity index (χ3v) is 5.95. The Morgan fingerprint density at radius 1 is 1.16 bits per heavy atom. The highest BCUT2D eigenvalue weighted by molar-refractivity contribution is 9.10. The Labute approximate surface area is 192 Å². The molecule has 2 amide bonds. The molecule has 31 heavy (non-hydrogen) atoms.